The minimum absolute atomic E-state index is 0.0294. The van der Waals surface area contributed by atoms with Crippen molar-refractivity contribution in [2.75, 3.05) is 7.05 Å². The second-order valence-corrected chi connectivity index (χ2v) is 8.26. The van der Waals surface area contributed by atoms with Crippen molar-refractivity contribution in [2.45, 2.75) is 50.3 Å². The van der Waals surface area contributed by atoms with E-state index in [0.717, 1.165) is 11.4 Å². The van der Waals surface area contributed by atoms with Crippen molar-refractivity contribution in [1.82, 2.24) is 24.9 Å². The molecule has 2 aliphatic heterocycles. The number of aryl methyl sites for hydroxylation is 1. The zero-order valence-electron chi connectivity index (χ0n) is 17.2. The van der Waals surface area contributed by atoms with Crippen LogP contribution in [0.2, 0.25) is 0 Å². The Balaban J connectivity index is 1.31. The number of aromatic hydroxyl groups is 1. The number of aromatic nitrogens is 4. The summed E-state index contributed by atoms with van der Waals surface area (Å²) in [6, 6.07) is 9.48. The average molecular weight is 427 g/mol. The number of benzene rings is 1. The van der Waals surface area contributed by atoms with Gasteiger partial charge in [-0.15, -0.1) is 10.2 Å². The van der Waals surface area contributed by atoms with Gasteiger partial charge < -0.3 is 9.84 Å². The molecule has 4 heterocycles. The van der Waals surface area contributed by atoms with E-state index in [-0.39, 0.29) is 17.7 Å². The SMILES string of the molecule is Cc1ccn(-c2ccc(-c3ccc(OC4CC5CC(F)C(C4F)N5C)nn3)c(O)c2)n1. The predicted molar refractivity (Wildman–Crippen MR) is 110 cm³/mol. The number of ether oxygens (including phenoxy) is 1. The molecule has 2 aromatic heterocycles. The fourth-order valence-electron chi connectivity index (χ4n) is 4.60. The summed E-state index contributed by atoms with van der Waals surface area (Å²) in [7, 11) is 1.76. The maximum Gasteiger partial charge on any atom is 0.233 e. The van der Waals surface area contributed by atoms with E-state index in [1.165, 1.54) is 0 Å². The van der Waals surface area contributed by atoms with E-state index >= 15 is 0 Å². The molecule has 7 nitrogen and oxygen atoms in total. The smallest absolute Gasteiger partial charge is 0.233 e. The lowest BCUT2D eigenvalue weighted by atomic mass is 9.98. The molecule has 1 aromatic carbocycles. The molecular weight excluding hydrogens is 404 g/mol. The summed E-state index contributed by atoms with van der Waals surface area (Å²) < 4.78 is 36.3. The monoisotopic (exact) mass is 427 g/mol. The second-order valence-electron chi connectivity index (χ2n) is 8.26. The van der Waals surface area contributed by atoms with Crippen molar-refractivity contribution >= 4 is 0 Å². The first kappa shape index (κ1) is 19.9. The molecule has 31 heavy (non-hydrogen) atoms. The second kappa shape index (κ2) is 7.56. The maximum absolute atomic E-state index is 14.8. The van der Waals surface area contributed by atoms with Gasteiger partial charge in [-0.25, -0.2) is 13.5 Å². The van der Waals surface area contributed by atoms with Crippen molar-refractivity contribution in [3.05, 3.63) is 48.3 Å². The third kappa shape index (κ3) is 3.52. The quantitative estimate of drug-likeness (QED) is 0.689. The highest BCUT2D eigenvalue weighted by Crippen LogP contribution is 2.39. The van der Waals surface area contributed by atoms with Crippen LogP contribution in [0.25, 0.3) is 16.9 Å². The summed E-state index contributed by atoms with van der Waals surface area (Å²) in [5.74, 6) is 0.220. The van der Waals surface area contributed by atoms with Gasteiger partial charge in [0.05, 0.1) is 23.1 Å². The number of phenolic OH excluding ortho intramolecular Hbond substituents is 1. The van der Waals surface area contributed by atoms with Crippen LogP contribution >= 0.6 is 0 Å². The molecule has 5 unspecified atom stereocenters. The van der Waals surface area contributed by atoms with E-state index in [1.807, 2.05) is 25.3 Å². The van der Waals surface area contributed by atoms with Crippen LogP contribution in [0.1, 0.15) is 18.5 Å². The van der Waals surface area contributed by atoms with Crippen LogP contribution in [0.4, 0.5) is 8.78 Å². The van der Waals surface area contributed by atoms with Crippen LogP contribution in [0.3, 0.4) is 0 Å². The molecule has 2 fully saturated rings. The van der Waals surface area contributed by atoms with Crippen LogP contribution in [-0.2, 0) is 0 Å². The number of phenols is 1. The highest BCUT2D eigenvalue weighted by molar-refractivity contribution is 5.68. The molecule has 162 valence electrons. The van der Waals surface area contributed by atoms with E-state index in [2.05, 4.69) is 15.3 Å². The Kier molecular flexibility index (Phi) is 4.85. The molecule has 0 amide bonds. The molecule has 1 N–H and O–H groups in total. The van der Waals surface area contributed by atoms with Crippen LogP contribution in [-0.4, -0.2) is 67.6 Å². The Morgan fingerprint density at radius 3 is 2.61 bits per heavy atom. The van der Waals surface area contributed by atoms with E-state index in [1.54, 1.807) is 40.9 Å². The standard InChI is InChI=1S/C22H23F2N5O2/c1-12-7-8-29(27-12)13-3-4-15(18(30)10-13)17-5-6-20(26-25-17)31-19-11-14-9-16(23)22(21(19)24)28(14)2/h3-8,10,14,16,19,21-22,30H,9,11H2,1-2H3. The van der Waals surface area contributed by atoms with Gasteiger partial charge in [-0.3, -0.25) is 4.90 Å². The summed E-state index contributed by atoms with van der Waals surface area (Å²) in [6.45, 7) is 1.89. The zero-order chi connectivity index (χ0) is 21.7. The Bertz CT molecular complexity index is 1090. The third-order valence-electron chi connectivity index (χ3n) is 6.26. The summed E-state index contributed by atoms with van der Waals surface area (Å²) in [5.41, 5.74) is 2.56. The van der Waals surface area contributed by atoms with Crippen molar-refractivity contribution in [1.29, 1.82) is 0 Å². The number of nitrogens with zero attached hydrogens (tertiary/aromatic N) is 5. The summed E-state index contributed by atoms with van der Waals surface area (Å²) in [6.07, 6.45) is -0.801. The van der Waals surface area contributed by atoms with E-state index in [0.29, 0.717) is 24.1 Å². The van der Waals surface area contributed by atoms with Gasteiger partial charge in [0.2, 0.25) is 5.88 Å². The maximum atomic E-state index is 14.8. The molecule has 2 bridgehead atoms. The number of hydrogen-bond donors (Lipinski definition) is 1. The van der Waals surface area contributed by atoms with Gasteiger partial charge >= 0.3 is 0 Å². The first-order chi connectivity index (χ1) is 14.9. The lowest BCUT2D eigenvalue weighted by Crippen LogP contribution is -2.54. The lowest BCUT2D eigenvalue weighted by molar-refractivity contribution is -0.0239. The molecule has 0 radical (unpaired) electrons. The minimum Gasteiger partial charge on any atom is -0.507 e. The van der Waals surface area contributed by atoms with E-state index < -0.39 is 24.5 Å². The van der Waals surface area contributed by atoms with E-state index in [9.17, 15) is 13.9 Å². The zero-order valence-corrected chi connectivity index (χ0v) is 17.2. The summed E-state index contributed by atoms with van der Waals surface area (Å²) >= 11 is 0. The highest BCUT2D eigenvalue weighted by Gasteiger charge is 2.52. The molecule has 0 spiro atoms. The van der Waals surface area contributed by atoms with Crippen molar-refractivity contribution < 1.29 is 18.6 Å². The fraction of sp³-hybridized carbons (Fsp3) is 0.409. The van der Waals surface area contributed by atoms with Gasteiger partial charge in [0.15, 0.2) is 6.17 Å². The topological polar surface area (TPSA) is 76.3 Å². The molecule has 0 saturated carbocycles. The lowest BCUT2D eigenvalue weighted by Gasteiger charge is -2.38. The van der Waals surface area contributed by atoms with Crippen LogP contribution in [0, 0.1) is 6.92 Å². The van der Waals surface area contributed by atoms with Crippen molar-refractivity contribution in [3.8, 4) is 28.6 Å². The Morgan fingerprint density at radius 2 is 1.94 bits per heavy atom. The minimum atomic E-state index is -1.43. The molecule has 5 atom stereocenters. The van der Waals surface area contributed by atoms with Crippen molar-refractivity contribution in [3.63, 3.8) is 0 Å². The molecule has 2 aliphatic rings. The number of piperidine rings is 1. The summed E-state index contributed by atoms with van der Waals surface area (Å²) in [5, 5.41) is 23.0. The molecule has 9 heteroatoms. The summed E-state index contributed by atoms with van der Waals surface area (Å²) in [4.78, 5) is 1.78. The molecule has 2 saturated heterocycles. The highest BCUT2D eigenvalue weighted by atomic mass is 19.1. The van der Waals surface area contributed by atoms with Crippen molar-refractivity contribution in [2.24, 2.45) is 0 Å². The number of halogens is 2. The normalized spacial score (nSPS) is 28.1. The third-order valence-corrected chi connectivity index (χ3v) is 6.26. The fourth-order valence-corrected chi connectivity index (χ4v) is 4.60. The van der Waals surface area contributed by atoms with Gasteiger partial charge in [-0.05, 0) is 44.7 Å². The number of alkyl halides is 2. The molecule has 0 aliphatic carbocycles. The number of rotatable bonds is 4. The Labute approximate surface area is 178 Å². The van der Waals surface area contributed by atoms with Gasteiger partial charge in [-0.2, -0.15) is 5.10 Å². The van der Waals surface area contributed by atoms with E-state index in [4.69, 9.17) is 4.74 Å². The Hall–Kier alpha value is -3.07. The largest absolute Gasteiger partial charge is 0.507 e. The first-order valence-corrected chi connectivity index (χ1v) is 10.3. The van der Waals surface area contributed by atoms with Gasteiger partial charge in [0, 0.05) is 36.4 Å². The molecule has 5 rings (SSSR count). The van der Waals surface area contributed by atoms with Crippen LogP contribution in [0.5, 0.6) is 11.6 Å². The van der Waals surface area contributed by atoms with Gasteiger partial charge in [0.25, 0.3) is 0 Å². The number of fused-ring (bicyclic) bond motifs is 2. The van der Waals surface area contributed by atoms with Crippen LogP contribution in [0.15, 0.2) is 42.6 Å². The van der Waals surface area contributed by atoms with Crippen LogP contribution < -0.4 is 4.74 Å². The Morgan fingerprint density at radius 1 is 1.10 bits per heavy atom. The van der Waals surface area contributed by atoms with Gasteiger partial charge in [-0.1, -0.05) is 0 Å². The number of hydrogen-bond acceptors (Lipinski definition) is 6. The average Bonchev–Trinajstić information content (AvgIpc) is 3.26. The molecular formula is C22H23F2N5O2. The molecule has 3 aromatic rings. The first-order valence-electron chi connectivity index (χ1n) is 10.3. The predicted octanol–water partition coefficient (Wildman–Crippen LogP) is 3.24. The van der Waals surface area contributed by atoms with Gasteiger partial charge in [0.1, 0.15) is 18.0 Å².